The lowest BCUT2D eigenvalue weighted by atomic mass is 9.52. The molecule has 0 amide bonds. The van der Waals surface area contributed by atoms with Gasteiger partial charge in [-0.1, -0.05) is 38.1 Å². The molecule has 0 heterocycles. The fraction of sp³-hybridized carbons (Fsp3) is 0.692. The molecule has 7 unspecified atom stereocenters. The number of allylic oxidation sites excluding steroid dienone is 1. The highest BCUT2D eigenvalue weighted by Crippen LogP contribution is 2.61. The molecule has 4 rings (SSSR count). The lowest BCUT2D eigenvalue weighted by Gasteiger charge is -2.55. The van der Waals surface area contributed by atoms with Crippen molar-refractivity contribution >= 4 is 5.69 Å². The van der Waals surface area contributed by atoms with E-state index in [1.54, 1.807) is 0 Å². The average Bonchev–Trinajstić information content (AvgIpc) is 2.98. The van der Waals surface area contributed by atoms with E-state index in [1.165, 1.54) is 11.1 Å². The zero-order valence-corrected chi connectivity index (χ0v) is 18.5. The number of nitrogens with one attached hydrogen (secondary N) is 1. The first-order valence-electron chi connectivity index (χ1n) is 11.6. The fourth-order valence-corrected chi connectivity index (χ4v) is 6.93. The fourth-order valence-electron chi connectivity index (χ4n) is 6.93. The number of aliphatic hydroxyl groups is 2. The predicted octanol–water partition coefficient (Wildman–Crippen LogP) is 5.32. The van der Waals surface area contributed by atoms with E-state index in [2.05, 4.69) is 56.9 Å². The van der Waals surface area contributed by atoms with E-state index in [0.29, 0.717) is 17.8 Å². The number of hydrogen-bond acceptors (Lipinski definition) is 3. The zero-order chi connectivity index (χ0) is 20.8. The number of hydrogen-bond donors (Lipinski definition) is 3. The third-order valence-corrected chi connectivity index (χ3v) is 9.11. The van der Waals surface area contributed by atoms with Crippen LogP contribution in [0.25, 0.3) is 0 Å². The van der Waals surface area contributed by atoms with Gasteiger partial charge in [0.1, 0.15) is 0 Å². The van der Waals surface area contributed by atoms with Crippen LogP contribution in [-0.4, -0.2) is 29.0 Å². The molecule has 29 heavy (non-hydrogen) atoms. The Morgan fingerprint density at radius 3 is 2.66 bits per heavy atom. The first-order valence-corrected chi connectivity index (χ1v) is 11.6. The number of aryl methyl sites for hydroxylation is 1. The van der Waals surface area contributed by atoms with E-state index < -0.39 is 0 Å². The van der Waals surface area contributed by atoms with Crippen LogP contribution in [0.2, 0.25) is 0 Å². The minimum absolute atomic E-state index is 0.0563. The van der Waals surface area contributed by atoms with Crippen molar-refractivity contribution in [3.8, 4) is 0 Å². The molecule has 0 bridgehead atoms. The quantitative estimate of drug-likeness (QED) is 0.603. The molecule has 0 aromatic heterocycles. The van der Waals surface area contributed by atoms with E-state index in [1.807, 2.05) is 0 Å². The topological polar surface area (TPSA) is 52.5 Å². The molecular formula is C26H39NO2. The summed E-state index contributed by atoms with van der Waals surface area (Å²) in [6.07, 6.45) is 6.58. The summed E-state index contributed by atoms with van der Waals surface area (Å²) in [5.41, 5.74) is 3.93. The summed E-state index contributed by atoms with van der Waals surface area (Å²) < 4.78 is 0. The first-order chi connectivity index (χ1) is 13.7. The Hall–Kier alpha value is -1.32. The highest BCUT2D eigenvalue weighted by molar-refractivity contribution is 5.45. The normalized spacial score (nSPS) is 42.5. The molecule has 0 radical (unpaired) electrons. The first kappa shape index (κ1) is 20.9. The van der Waals surface area contributed by atoms with Gasteiger partial charge in [0, 0.05) is 12.2 Å². The van der Waals surface area contributed by atoms with Gasteiger partial charge >= 0.3 is 0 Å². The molecule has 3 aliphatic rings. The molecule has 1 aromatic rings. The highest BCUT2D eigenvalue weighted by atomic mass is 16.3. The van der Waals surface area contributed by atoms with Crippen molar-refractivity contribution < 1.29 is 10.2 Å². The van der Waals surface area contributed by atoms with Crippen molar-refractivity contribution in [2.45, 2.75) is 77.9 Å². The van der Waals surface area contributed by atoms with Crippen LogP contribution in [0.5, 0.6) is 0 Å². The van der Waals surface area contributed by atoms with Gasteiger partial charge in [0.05, 0.1) is 12.2 Å². The summed E-state index contributed by atoms with van der Waals surface area (Å²) in [6, 6.07) is 8.51. The third-order valence-electron chi connectivity index (χ3n) is 9.11. The molecule has 3 aliphatic carbocycles. The average molecular weight is 398 g/mol. The van der Waals surface area contributed by atoms with E-state index >= 15 is 0 Å². The Morgan fingerprint density at radius 2 is 1.90 bits per heavy atom. The van der Waals surface area contributed by atoms with Gasteiger partial charge in [-0.05, 0) is 98.1 Å². The Labute approximate surface area is 176 Å². The summed E-state index contributed by atoms with van der Waals surface area (Å²) >= 11 is 0. The lowest BCUT2D eigenvalue weighted by Crippen LogP contribution is -2.53. The van der Waals surface area contributed by atoms with E-state index in [-0.39, 0.29) is 23.0 Å². The van der Waals surface area contributed by atoms with Gasteiger partial charge < -0.3 is 15.5 Å². The minimum atomic E-state index is -0.255. The molecule has 160 valence electrons. The van der Waals surface area contributed by atoms with Crippen molar-refractivity contribution in [3.63, 3.8) is 0 Å². The van der Waals surface area contributed by atoms with Crippen LogP contribution < -0.4 is 5.32 Å². The van der Waals surface area contributed by atoms with Gasteiger partial charge in [0.15, 0.2) is 0 Å². The number of anilines is 1. The van der Waals surface area contributed by atoms with Gasteiger partial charge in [0.25, 0.3) is 0 Å². The summed E-state index contributed by atoms with van der Waals surface area (Å²) in [4.78, 5) is 0. The van der Waals surface area contributed by atoms with Crippen LogP contribution in [0, 0.1) is 35.5 Å². The number of rotatable bonds is 4. The molecule has 3 nitrogen and oxygen atoms in total. The molecule has 0 aliphatic heterocycles. The molecule has 7 atom stereocenters. The molecule has 3 heteroatoms. The van der Waals surface area contributed by atoms with Crippen LogP contribution >= 0.6 is 0 Å². The number of benzene rings is 1. The second kappa shape index (κ2) is 7.74. The predicted molar refractivity (Wildman–Crippen MR) is 120 cm³/mol. The van der Waals surface area contributed by atoms with Gasteiger partial charge in [-0.25, -0.2) is 0 Å². The van der Waals surface area contributed by atoms with Crippen LogP contribution in [0.4, 0.5) is 5.69 Å². The third kappa shape index (κ3) is 3.65. The number of fused-ring (bicyclic) bond motifs is 1. The molecule has 3 fully saturated rings. The van der Waals surface area contributed by atoms with Crippen molar-refractivity contribution in [1.29, 1.82) is 0 Å². The maximum Gasteiger partial charge on any atom is 0.0610 e. The Kier molecular flexibility index (Phi) is 5.59. The monoisotopic (exact) mass is 397 g/mol. The van der Waals surface area contributed by atoms with Gasteiger partial charge in [-0.2, -0.15) is 0 Å². The van der Waals surface area contributed by atoms with Crippen LogP contribution in [0.3, 0.4) is 0 Å². The lowest BCUT2D eigenvalue weighted by molar-refractivity contribution is -0.116. The Morgan fingerprint density at radius 1 is 1.10 bits per heavy atom. The summed E-state index contributed by atoms with van der Waals surface area (Å²) in [5, 5.41) is 25.6. The maximum atomic E-state index is 11.5. The molecule has 1 aromatic carbocycles. The van der Waals surface area contributed by atoms with Crippen molar-refractivity contribution in [2.75, 3.05) is 11.9 Å². The smallest absolute Gasteiger partial charge is 0.0610 e. The molecule has 3 saturated carbocycles. The molecule has 3 N–H and O–H groups in total. The second-order valence-electron chi connectivity index (χ2n) is 10.7. The summed E-state index contributed by atoms with van der Waals surface area (Å²) in [7, 11) is 0. The summed E-state index contributed by atoms with van der Waals surface area (Å²) in [5.74, 6) is 1.02. The van der Waals surface area contributed by atoms with E-state index in [9.17, 15) is 10.2 Å². The summed E-state index contributed by atoms with van der Waals surface area (Å²) in [6.45, 7) is 12.0. The maximum absolute atomic E-state index is 11.5. The van der Waals surface area contributed by atoms with Gasteiger partial charge in [-0.15, -0.1) is 0 Å². The van der Waals surface area contributed by atoms with E-state index in [4.69, 9.17) is 0 Å². The van der Waals surface area contributed by atoms with Crippen molar-refractivity contribution in [1.82, 2.24) is 0 Å². The van der Waals surface area contributed by atoms with Crippen LogP contribution in [0.1, 0.15) is 64.4 Å². The highest BCUT2D eigenvalue weighted by Gasteiger charge is 2.56. The molecule has 0 saturated heterocycles. The largest absolute Gasteiger partial charge is 0.393 e. The van der Waals surface area contributed by atoms with Crippen LogP contribution in [-0.2, 0) is 0 Å². The molecular weight excluding hydrogens is 358 g/mol. The second-order valence-corrected chi connectivity index (χ2v) is 10.7. The van der Waals surface area contributed by atoms with Crippen LogP contribution in [0.15, 0.2) is 36.4 Å². The Balaban J connectivity index is 1.54. The minimum Gasteiger partial charge on any atom is -0.393 e. The van der Waals surface area contributed by atoms with Crippen molar-refractivity contribution in [2.24, 2.45) is 28.6 Å². The van der Waals surface area contributed by atoms with E-state index in [0.717, 1.165) is 57.2 Å². The standard InChI is InChI=1S/C26H39NO2/c1-17-6-5-7-20(14-17)27-16-19-15-21(28)10-12-26(19,4)23-11-13-25(3)18(2)8-9-22(25)24(23)29/h5-7,14,19,21-24,27-29H,2,8-13,15-16H2,1,3-4H3. The zero-order valence-electron chi connectivity index (χ0n) is 18.5. The van der Waals surface area contributed by atoms with Gasteiger partial charge in [-0.3, -0.25) is 0 Å². The SMILES string of the molecule is C=C1CCC2C(O)C(C3(C)CCC(O)CC3CNc3cccc(C)c3)CCC12C. The Bertz CT molecular complexity index is 761. The van der Waals surface area contributed by atoms with Gasteiger partial charge in [0.2, 0.25) is 0 Å². The van der Waals surface area contributed by atoms with Crippen molar-refractivity contribution in [3.05, 3.63) is 42.0 Å². The number of aliphatic hydroxyl groups excluding tert-OH is 2. The molecule has 0 spiro atoms.